The summed E-state index contributed by atoms with van der Waals surface area (Å²) in [5.74, 6) is -0.429. The van der Waals surface area contributed by atoms with E-state index in [2.05, 4.69) is 20.1 Å². The second-order valence-corrected chi connectivity index (χ2v) is 4.45. The average Bonchev–Trinajstić information content (AvgIpc) is 2.47. The van der Waals surface area contributed by atoms with Gasteiger partial charge in [0, 0.05) is 12.3 Å². The molecule has 2 heterocycles. The first kappa shape index (κ1) is 13.7. The van der Waals surface area contributed by atoms with Gasteiger partial charge in [0.1, 0.15) is 16.4 Å². The number of nitro groups is 1. The quantitative estimate of drug-likeness (QED) is 0.212. The molecule has 0 radical (unpaired) electrons. The van der Waals surface area contributed by atoms with Gasteiger partial charge >= 0.3 is 0 Å². The van der Waals surface area contributed by atoms with Crippen molar-refractivity contribution in [3.05, 3.63) is 46.5 Å². The largest absolute Gasteiger partial charge is 0.409 e. The van der Waals surface area contributed by atoms with Crippen LogP contribution in [0.1, 0.15) is 5.69 Å². The molecule has 2 aromatic heterocycles. The Balaban J connectivity index is 2.40. The minimum Gasteiger partial charge on any atom is -0.409 e. The predicted octanol–water partition coefficient (Wildman–Crippen LogP) is 1.03. The number of nitrogens with zero attached hydrogens (tertiary/aromatic N) is 5. The first-order chi connectivity index (χ1) is 9.61. The van der Waals surface area contributed by atoms with E-state index < -0.39 is 10.8 Å². The van der Waals surface area contributed by atoms with Gasteiger partial charge in [-0.2, -0.15) is 0 Å². The molecule has 2 rings (SSSR count). The van der Waals surface area contributed by atoms with Crippen molar-refractivity contribution in [3.8, 4) is 0 Å². The van der Waals surface area contributed by atoms with Gasteiger partial charge in [0.05, 0.1) is 4.92 Å². The highest BCUT2D eigenvalue weighted by Gasteiger charge is 2.20. The van der Waals surface area contributed by atoms with Crippen molar-refractivity contribution in [2.45, 2.75) is 10.1 Å². The minimum absolute atomic E-state index is 0.198. The van der Waals surface area contributed by atoms with E-state index in [1.165, 1.54) is 30.2 Å². The Kier molecular flexibility index (Phi) is 4.05. The van der Waals surface area contributed by atoms with E-state index >= 15 is 0 Å². The Morgan fingerprint density at radius 2 is 2.20 bits per heavy atom. The van der Waals surface area contributed by atoms with Gasteiger partial charge in [-0.3, -0.25) is 10.1 Å². The highest BCUT2D eigenvalue weighted by atomic mass is 32.2. The molecule has 0 spiro atoms. The third-order valence-electron chi connectivity index (χ3n) is 2.16. The fourth-order valence-corrected chi connectivity index (χ4v) is 2.04. The number of aromatic nitrogens is 3. The Bertz CT molecular complexity index is 663. The molecule has 102 valence electrons. The molecule has 0 aliphatic heterocycles. The molecule has 0 aliphatic carbocycles. The van der Waals surface area contributed by atoms with Gasteiger partial charge in [-0.25, -0.2) is 15.0 Å². The normalized spacial score (nSPS) is 11.3. The smallest absolute Gasteiger partial charge is 0.298 e. The molecular formula is C10H8N6O3S. The van der Waals surface area contributed by atoms with Gasteiger partial charge in [0.2, 0.25) is 0 Å². The third-order valence-corrected chi connectivity index (χ3v) is 3.05. The van der Waals surface area contributed by atoms with Crippen LogP contribution in [0, 0.1) is 10.1 Å². The molecule has 9 nitrogen and oxygen atoms in total. The maximum absolute atomic E-state index is 10.9. The molecule has 0 atom stereocenters. The summed E-state index contributed by atoms with van der Waals surface area (Å²) in [5, 5.41) is 23.3. The molecule has 2 aromatic rings. The molecule has 0 aromatic carbocycles. The molecular weight excluding hydrogens is 284 g/mol. The first-order valence-electron chi connectivity index (χ1n) is 5.19. The Labute approximate surface area is 116 Å². The zero-order valence-corrected chi connectivity index (χ0v) is 10.7. The summed E-state index contributed by atoms with van der Waals surface area (Å²) in [7, 11) is 0. The van der Waals surface area contributed by atoms with Gasteiger partial charge in [0.15, 0.2) is 11.5 Å². The summed E-state index contributed by atoms with van der Waals surface area (Å²) in [5.41, 5.74) is 4.86. The molecule has 0 amide bonds. The van der Waals surface area contributed by atoms with Crippen molar-refractivity contribution in [1.29, 1.82) is 0 Å². The zero-order chi connectivity index (χ0) is 14.5. The zero-order valence-electron chi connectivity index (χ0n) is 9.87. The number of amidine groups is 1. The van der Waals surface area contributed by atoms with Crippen LogP contribution < -0.4 is 5.73 Å². The van der Waals surface area contributed by atoms with Gasteiger partial charge in [-0.15, -0.1) is 0 Å². The minimum atomic E-state index is -0.653. The number of oxime groups is 1. The van der Waals surface area contributed by atoms with Crippen molar-refractivity contribution >= 4 is 23.3 Å². The fraction of sp³-hybridized carbons (Fsp3) is 0. The topological polar surface area (TPSA) is 140 Å². The summed E-state index contributed by atoms with van der Waals surface area (Å²) >= 11 is 1.17. The van der Waals surface area contributed by atoms with Crippen molar-refractivity contribution < 1.29 is 10.1 Å². The van der Waals surface area contributed by atoms with Crippen molar-refractivity contribution in [3.63, 3.8) is 0 Å². The van der Waals surface area contributed by atoms with Gasteiger partial charge in [-0.05, 0) is 23.9 Å². The SMILES string of the molecule is N/C(=N/O)c1nc(Sc2ccncn2)ccc1[N+](=O)[O-]. The lowest BCUT2D eigenvalue weighted by Crippen LogP contribution is -2.17. The maximum atomic E-state index is 10.9. The van der Waals surface area contributed by atoms with Crippen LogP contribution in [0.4, 0.5) is 5.69 Å². The number of hydrogen-bond acceptors (Lipinski definition) is 8. The second kappa shape index (κ2) is 5.93. The van der Waals surface area contributed by atoms with E-state index in [1.807, 2.05) is 0 Å². The summed E-state index contributed by atoms with van der Waals surface area (Å²) in [4.78, 5) is 22.0. The average molecular weight is 292 g/mol. The monoisotopic (exact) mass is 292 g/mol. The van der Waals surface area contributed by atoms with Crippen LogP contribution >= 0.6 is 11.8 Å². The standard InChI is InChI=1S/C10H8N6O3S/c11-10(15-17)9-6(16(18)19)1-2-8(14-9)20-7-3-4-12-5-13-7/h1-5,17H,(H2,11,15). The van der Waals surface area contributed by atoms with Gasteiger partial charge in [0.25, 0.3) is 5.69 Å². The summed E-state index contributed by atoms with van der Waals surface area (Å²) in [6, 6.07) is 4.36. The van der Waals surface area contributed by atoms with Crippen LogP contribution in [-0.2, 0) is 0 Å². The number of rotatable bonds is 4. The van der Waals surface area contributed by atoms with E-state index in [-0.39, 0.29) is 11.4 Å². The van der Waals surface area contributed by atoms with Crippen LogP contribution in [0.5, 0.6) is 0 Å². The number of nitrogens with two attached hydrogens (primary N) is 1. The first-order valence-corrected chi connectivity index (χ1v) is 6.00. The molecule has 3 N–H and O–H groups in total. The van der Waals surface area contributed by atoms with Gasteiger partial charge < -0.3 is 10.9 Å². The van der Waals surface area contributed by atoms with Crippen LogP contribution in [0.25, 0.3) is 0 Å². The summed E-state index contributed by atoms with van der Waals surface area (Å²) in [6.07, 6.45) is 2.93. The Hall–Kier alpha value is -2.75. The molecule has 10 heteroatoms. The lowest BCUT2D eigenvalue weighted by atomic mass is 10.3. The second-order valence-electron chi connectivity index (χ2n) is 3.41. The Morgan fingerprint density at radius 1 is 1.40 bits per heavy atom. The van der Waals surface area contributed by atoms with Crippen LogP contribution in [-0.4, -0.2) is 30.9 Å². The molecule has 0 unspecified atom stereocenters. The molecule has 0 saturated heterocycles. The Morgan fingerprint density at radius 3 is 2.80 bits per heavy atom. The molecule has 0 fully saturated rings. The third kappa shape index (κ3) is 2.98. The molecule has 0 aliphatic rings. The summed E-state index contributed by atoms with van der Waals surface area (Å²) in [6.45, 7) is 0. The van der Waals surface area contributed by atoms with E-state index in [1.54, 1.807) is 12.3 Å². The fourth-order valence-electron chi connectivity index (χ4n) is 1.32. The number of hydrogen-bond donors (Lipinski definition) is 2. The lowest BCUT2D eigenvalue weighted by molar-refractivity contribution is -0.385. The van der Waals surface area contributed by atoms with E-state index in [4.69, 9.17) is 10.9 Å². The van der Waals surface area contributed by atoms with E-state index in [9.17, 15) is 10.1 Å². The number of pyridine rings is 1. The molecule has 0 saturated carbocycles. The highest BCUT2D eigenvalue weighted by molar-refractivity contribution is 7.99. The van der Waals surface area contributed by atoms with Crippen molar-refractivity contribution in [1.82, 2.24) is 15.0 Å². The predicted molar refractivity (Wildman–Crippen MR) is 69.6 cm³/mol. The molecule has 20 heavy (non-hydrogen) atoms. The van der Waals surface area contributed by atoms with E-state index in [0.29, 0.717) is 10.1 Å². The lowest BCUT2D eigenvalue weighted by Gasteiger charge is -2.03. The van der Waals surface area contributed by atoms with Crippen LogP contribution in [0.3, 0.4) is 0 Å². The van der Waals surface area contributed by atoms with Crippen LogP contribution in [0.15, 0.2) is 45.9 Å². The van der Waals surface area contributed by atoms with Crippen molar-refractivity contribution in [2.24, 2.45) is 10.9 Å². The van der Waals surface area contributed by atoms with E-state index in [0.717, 1.165) is 0 Å². The molecule has 0 bridgehead atoms. The highest BCUT2D eigenvalue weighted by Crippen LogP contribution is 2.26. The van der Waals surface area contributed by atoms with Crippen molar-refractivity contribution in [2.75, 3.05) is 0 Å². The maximum Gasteiger partial charge on any atom is 0.298 e. The van der Waals surface area contributed by atoms with Crippen LogP contribution in [0.2, 0.25) is 0 Å². The van der Waals surface area contributed by atoms with Gasteiger partial charge in [-0.1, -0.05) is 5.16 Å². The summed E-state index contributed by atoms with van der Waals surface area (Å²) < 4.78 is 0.